The van der Waals surface area contributed by atoms with Crippen molar-refractivity contribution in [3.05, 3.63) is 23.8 Å². The molecule has 3 N–H and O–H groups in total. The Kier molecular flexibility index (Phi) is 4.96. The van der Waals surface area contributed by atoms with Crippen LogP contribution in [-0.4, -0.2) is 38.5 Å². The van der Waals surface area contributed by atoms with Gasteiger partial charge in [-0.25, -0.2) is 0 Å². The Morgan fingerprint density at radius 3 is 2.67 bits per heavy atom. The molecule has 0 aromatic heterocycles. The van der Waals surface area contributed by atoms with E-state index >= 15 is 0 Å². The number of fused-ring (bicyclic) bond motifs is 1. The van der Waals surface area contributed by atoms with Crippen LogP contribution in [0.15, 0.2) is 18.2 Å². The smallest absolute Gasteiger partial charge is 0.231 e. The van der Waals surface area contributed by atoms with Gasteiger partial charge in [0.1, 0.15) is 0 Å². The summed E-state index contributed by atoms with van der Waals surface area (Å²) in [6.45, 7) is 5.92. The van der Waals surface area contributed by atoms with Gasteiger partial charge in [-0.3, -0.25) is 4.79 Å². The van der Waals surface area contributed by atoms with Crippen LogP contribution < -0.4 is 20.5 Å². The highest BCUT2D eigenvalue weighted by molar-refractivity contribution is 5.79. The maximum absolute atomic E-state index is 12.3. The van der Waals surface area contributed by atoms with Crippen LogP contribution >= 0.6 is 0 Å². The van der Waals surface area contributed by atoms with Gasteiger partial charge in [0.05, 0.1) is 0 Å². The Balaban J connectivity index is 1.79. The van der Waals surface area contributed by atoms with Crippen molar-refractivity contribution in [1.82, 2.24) is 5.32 Å². The molecule has 0 aliphatic carbocycles. The number of hydrogen-bond acceptors (Lipinski definition) is 5. The van der Waals surface area contributed by atoms with Gasteiger partial charge in [-0.2, -0.15) is 0 Å². The minimum absolute atomic E-state index is 0.00314. The molecular weight excluding hydrogens is 308 g/mol. The second-order valence-electron chi connectivity index (χ2n) is 6.83. The molecule has 24 heavy (non-hydrogen) atoms. The number of amides is 1. The number of ether oxygens (including phenoxy) is 3. The van der Waals surface area contributed by atoms with Crippen molar-refractivity contribution in [3.8, 4) is 11.5 Å². The SMILES string of the molecule is CC(N)C(C)C(=O)NCC1(c2ccc3c(c2)OCO3)CCOCC1. The number of rotatable bonds is 5. The van der Waals surface area contributed by atoms with E-state index in [2.05, 4.69) is 11.4 Å². The fourth-order valence-electron chi connectivity index (χ4n) is 3.21. The van der Waals surface area contributed by atoms with E-state index in [4.69, 9.17) is 19.9 Å². The highest BCUT2D eigenvalue weighted by Gasteiger charge is 2.36. The number of carbonyl (C=O) groups is 1. The molecule has 6 heteroatoms. The van der Waals surface area contributed by atoms with Gasteiger partial charge in [0, 0.05) is 37.1 Å². The van der Waals surface area contributed by atoms with E-state index in [0.717, 1.165) is 29.9 Å². The first-order chi connectivity index (χ1) is 11.5. The summed E-state index contributed by atoms with van der Waals surface area (Å²) in [4.78, 5) is 12.3. The van der Waals surface area contributed by atoms with E-state index in [1.807, 2.05) is 26.0 Å². The maximum atomic E-state index is 12.3. The predicted molar refractivity (Wildman–Crippen MR) is 90.1 cm³/mol. The minimum Gasteiger partial charge on any atom is -0.454 e. The molecule has 1 aromatic rings. The van der Waals surface area contributed by atoms with E-state index in [-0.39, 0.29) is 30.1 Å². The van der Waals surface area contributed by atoms with Gasteiger partial charge in [0.15, 0.2) is 11.5 Å². The fourth-order valence-corrected chi connectivity index (χ4v) is 3.21. The monoisotopic (exact) mass is 334 g/mol. The van der Waals surface area contributed by atoms with E-state index in [1.165, 1.54) is 0 Å². The lowest BCUT2D eigenvalue weighted by Crippen LogP contribution is -2.47. The third kappa shape index (κ3) is 3.35. The van der Waals surface area contributed by atoms with Crippen LogP contribution in [0.2, 0.25) is 0 Å². The molecule has 1 aromatic carbocycles. The number of nitrogens with one attached hydrogen (secondary N) is 1. The molecule has 2 heterocycles. The fraction of sp³-hybridized carbons (Fsp3) is 0.611. The lowest BCUT2D eigenvalue weighted by Gasteiger charge is -2.38. The van der Waals surface area contributed by atoms with E-state index in [0.29, 0.717) is 19.8 Å². The lowest BCUT2D eigenvalue weighted by molar-refractivity contribution is -0.125. The summed E-state index contributed by atoms with van der Waals surface area (Å²) < 4.78 is 16.5. The van der Waals surface area contributed by atoms with Crippen LogP contribution in [0.3, 0.4) is 0 Å². The maximum Gasteiger partial charge on any atom is 0.231 e. The van der Waals surface area contributed by atoms with Gasteiger partial charge in [-0.15, -0.1) is 0 Å². The van der Waals surface area contributed by atoms with Crippen molar-refractivity contribution < 1.29 is 19.0 Å². The van der Waals surface area contributed by atoms with Gasteiger partial charge in [-0.05, 0) is 37.5 Å². The van der Waals surface area contributed by atoms with Gasteiger partial charge in [0.2, 0.25) is 12.7 Å². The second-order valence-corrected chi connectivity index (χ2v) is 6.83. The van der Waals surface area contributed by atoms with E-state index in [9.17, 15) is 4.79 Å². The molecule has 1 amide bonds. The number of nitrogens with two attached hydrogens (primary N) is 1. The highest BCUT2D eigenvalue weighted by atomic mass is 16.7. The molecule has 6 nitrogen and oxygen atoms in total. The summed E-state index contributed by atoms with van der Waals surface area (Å²) in [5.41, 5.74) is 6.85. The van der Waals surface area contributed by atoms with Crippen molar-refractivity contribution >= 4 is 5.91 Å². The van der Waals surface area contributed by atoms with E-state index < -0.39 is 0 Å². The summed E-state index contributed by atoms with van der Waals surface area (Å²) in [7, 11) is 0. The van der Waals surface area contributed by atoms with Crippen molar-refractivity contribution in [2.24, 2.45) is 11.7 Å². The summed E-state index contributed by atoms with van der Waals surface area (Å²) in [5.74, 6) is 1.33. The van der Waals surface area contributed by atoms with Crippen molar-refractivity contribution in [3.63, 3.8) is 0 Å². The molecule has 0 radical (unpaired) electrons. The zero-order valence-corrected chi connectivity index (χ0v) is 14.3. The quantitative estimate of drug-likeness (QED) is 0.854. The van der Waals surface area contributed by atoms with Gasteiger partial charge >= 0.3 is 0 Å². The zero-order valence-electron chi connectivity index (χ0n) is 14.3. The van der Waals surface area contributed by atoms with Crippen LogP contribution in [-0.2, 0) is 14.9 Å². The van der Waals surface area contributed by atoms with Gasteiger partial charge < -0.3 is 25.3 Å². The highest BCUT2D eigenvalue weighted by Crippen LogP contribution is 2.40. The summed E-state index contributed by atoms with van der Waals surface area (Å²) >= 11 is 0. The minimum atomic E-state index is -0.210. The number of benzene rings is 1. The molecule has 0 bridgehead atoms. The molecular formula is C18H26N2O4. The standard InChI is InChI=1S/C18H26N2O4/c1-12(13(2)19)17(21)20-10-18(5-7-22-8-6-18)14-3-4-15-16(9-14)24-11-23-15/h3-4,9,12-13H,5-8,10-11,19H2,1-2H3,(H,20,21). The first-order valence-corrected chi connectivity index (χ1v) is 8.53. The second kappa shape index (κ2) is 6.99. The Bertz CT molecular complexity index is 597. The molecule has 132 valence electrons. The Morgan fingerprint density at radius 1 is 1.25 bits per heavy atom. The van der Waals surface area contributed by atoms with Gasteiger partial charge in [-0.1, -0.05) is 13.0 Å². The summed E-state index contributed by atoms with van der Waals surface area (Å²) in [6, 6.07) is 5.89. The average Bonchev–Trinajstić information content (AvgIpc) is 3.07. The third-order valence-electron chi connectivity index (χ3n) is 5.24. The van der Waals surface area contributed by atoms with Crippen LogP contribution in [0.4, 0.5) is 0 Å². The van der Waals surface area contributed by atoms with E-state index in [1.54, 1.807) is 0 Å². The summed E-state index contributed by atoms with van der Waals surface area (Å²) in [5, 5.41) is 3.09. The molecule has 1 fully saturated rings. The molecule has 1 saturated heterocycles. The Hall–Kier alpha value is -1.79. The summed E-state index contributed by atoms with van der Waals surface area (Å²) in [6.07, 6.45) is 1.72. The molecule has 2 aliphatic rings. The van der Waals surface area contributed by atoms with Gasteiger partial charge in [0.25, 0.3) is 0 Å². The van der Waals surface area contributed by atoms with Crippen LogP contribution in [0.1, 0.15) is 32.3 Å². The van der Waals surface area contributed by atoms with Crippen molar-refractivity contribution in [1.29, 1.82) is 0 Å². The molecule has 2 atom stereocenters. The topological polar surface area (TPSA) is 82.8 Å². The van der Waals surface area contributed by atoms with Crippen LogP contribution in [0.5, 0.6) is 11.5 Å². The predicted octanol–water partition coefficient (Wildman–Crippen LogP) is 1.56. The van der Waals surface area contributed by atoms with Crippen molar-refractivity contribution in [2.45, 2.75) is 38.1 Å². The molecule has 3 rings (SSSR count). The normalized spacial score (nSPS) is 21.1. The Labute approximate surface area is 142 Å². The zero-order chi connectivity index (χ0) is 17.2. The number of carbonyl (C=O) groups excluding carboxylic acids is 1. The molecule has 0 saturated carbocycles. The number of hydrogen-bond donors (Lipinski definition) is 2. The molecule has 2 aliphatic heterocycles. The third-order valence-corrected chi connectivity index (χ3v) is 5.24. The molecule has 2 unspecified atom stereocenters. The molecule has 0 spiro atoms. The van der Waals surface area contributed by atoms with Crippen LogP contribution in [0.25, 0.3) is 0 Å². The van der Waals surface area contributed by atoms with Crippen LogP contribution in [0, 0.1) is 5.92 Å². The first-order valence-electron chi connectivity index (χ1n) is 8.53. The Morgan fingerprint density at radius 2 is 1.96 bits per heavy atom. The average molecular weight is 334 g/mol. The largest absolute Gasteiger partial charge is 0.454 e. The lowest BCUT2D eigenvalue weighted by atomic mass is 9.74. The first kappa shape index (κ1) is 17.0. The van der Waals surface area contributed by atoms with Crippen molar-refractivity contribution in [2.75, 3.05) is 26.6 Å².